The SMILES string of the molecule is C/C(O)=C(\C)CC(NC=O)(C(=O)O)C(=O)O. The zero-order valence-corrected chi connectivity index (χ0v) is 8.85. The van der Waals surface area contributed by atoms with Gasteiger partial charge in [-0.3, -0.25) is 4.79 Å². The third kappa shape index (κ3) is 2.72. The maximum atomic E-state index is 10.9. The molecule has 0 saturated carbocycles. The summed E-state index contributed by atoms with van der Waals surface area (Å²) in [6, 6.07) is 0. The molecule has 4 N–H and O–H groups in total. The minimum atomic E-state index is -2.45. The van der Waals surface area contributed by atoms with Crippen LogP contribution in [0.1, 0.15) is 20.3 Å². The van der Waals surface area contributed by atoms with E-state index in [0.717, 1.165) is 0 Å². The Morgan fingerprint density at radius 1 is 1.19 bits per heavy atom. The lowest BCUT2D eigenvalue weighted by molar-refractivity contribution is -0.160. The highest BCUT2D eigenvalue weighted by molar-refractivity contribution is 6.05. The van der Waals surface area contributed by atoms with Gasteiger partial charge in [0.2, 0.25) is 11.9 Å². The van der Waals surface area contributed by atoms with Crippen LogP contribution in [0.5, 0.6) is 0 Å². The van der Waals surface area contributed by atoms with Gasteiger partial charge >= 0.3 is 11.9 Å². The largest absolute Gasteiger partial charge is 0.513 e. The van der Waals surface area contributed by atoms with Crippen LogP contribution in [0.3, 0.4) is 0 Å². The highest BCUT2D eigenvalue weighted by atomic mass is 16.4. The van der Waals surface area contributed by atoms with E-state index in [-0.39, 0.29) is 17.7 Å². The molecular weight excluding hydrogens is 218 g/mol. The number of hydrogen-bond acceptors (Lipinski definition) is 4. The Morgan fingerprint density at radius 3 is 1.88 bits per heavy atom. The summed E-state index contributed by atoms with van der Waals surface area (Å²) in [5, 5.41) is 28.5. The van der Waals surface area contributed by atoms with Gasteiger partial charge in [0.1, 0.15) is 0 Å². The van der Waals surface area contributed by atoms with Crippen molar-refractivity contribution in [1.82, 2.24) is 5.32 Å². The predicted octanol–water partition coefficient (Wildman–Crippen LogP) is -0.118. The van der Waals surface area contributed by atoms with Gasteiger partial charge in [-0.05, 0) is 19.4 Å². The molecule has 0 saturated heterocycles. The minimum absolute atomic E-state index is 0.00221. The first-order chi connectivity index (χ1) is 7.27. The average Bonchev–Trinajstić information content (AvgIpc) is 2.15. The van der Waals surface area contributed by atoms with Crippen molar-refractivity contribution in [3.63, 3.8) is 0 Å². The zero-order valence-electron chi connectivity index (χ0n) is 8.85. The van der Waals surface area contributed by atoms with Crippen molar-refractivity contribution in [2.45, 2.75) is 25.8 Å². The standard InChI is InChI=1S/C9H13NO6/c1-5(6(2)12)3-9(7(13)14,8(15)16)10-4-11/h4,12H,3H2,1-2H3,(H,10,11)(H,13,14)(H,15,16)/b6-5-. The van der Waals surface area contributed by atoms with E-state index in [2.05, 4.69) is 0 Å². The van der Waals surface area contributed by atoms with Gasteiger partial charge in [0.25, 0.3) is 0 Å². The summed E-state index contributed by atoms with van der Waals surface area (Å²) >= 11 is 0. The fraction of sp³-hybridized carbons (Fsp3) is 0.444. The smallest absolute Gasteiger partial charge is 0.341 e. The molecule has 0 atom stereocenters. The number of carboxylic acid groups (broad SMARTS) is 2. The number of nitrogens with one attached hydrogen (secondary N) is 1. The van der Waals surface area contributed by atoms with Crippen molar-refractivity contribution in [3.05, 3.63) is 11.3 Å². The number of amides is 1. The molecule has 0 unspecified atom stereocenters. The Bertz CT molecular complexity index is 328. The van der Waals surface area contributed by atoms with Gasteiger partial charge in [0.05, 0.1) is 5.76 Å². The molecule has 0 aliphatic rings. The van der Waals surface area contributed by atoms with Crippen LogP contribution in [0.25, 0.3) is 0 Å². The molecule has 7 heteroatoms. The molecule has 16 heavy (non-hydrogen) atoms. The number of hydrogen-bond donors (Lipinski definition) is 4. The molecule has 0 radical (unpaired) electrons. The summed E-state index contributed by atoms with van der Waals surface area (Å²) < 4.78 is 0. The van der Waals surface area contributed by atoms with Crippen LogP contribution < -0.4 is 5.32 Å². The molecule has 0 fully saturated rings. The topological polar surface area (TPSA) is 124 Å². The Balaban J connectivity index is 5.37. The van der Waals surface area contributed by atoms with E-state index >= 15 is 0 Å². The normalized spacial score (nSPS) is 12.6. The second kappa shape index (κ2) is 5.15. The molecule has 0 aliphatic heterocycles. The third-order valence-corrected chi connectivity index (χ3v) is 2.18. The van der Waals surface area contributed by atoms with Crippen LogP contribution in [0.2, 0.25) is 0 Å². The van der Waals surface area contributed by atoms with Gasteiger partial charge in [-0.25, -0.2) is 9.59 Å². The average molecular weight is 231 g/mol. The van der Waals surface area contributed by atoms with Crippen molar-refractivity contribution in [2.75, 3.05) is 0 Å². The van der Waals surface area contributed by atoms with Crippen LogP contribution in [0.15, 0.2) is 11.3 Å². The van der Waals surface area contributed by atoms with E-state index in [9.17, 15) is 14.4 Å². The van der Waals surface area contributed by atoms with Crippen molar-refractivity contribution in [3.8, 4) is 0 Å². The molecule has 0 rings (SSSR count). The minimum Gasteiger partial charge on any atom is -0.513 e. The Hall–Kier alpha value is -2.05. The van der Waals surface area contributed by atoms with Crippen LogP contribution in [0, 0.1) is 0 Å². The predicted molar refractivity (Wildman–Crippen MR) is 52.8 cm³/mol. The van der Waals surface area contributed by atoms with Crippen LogP contribution in [0.4, 0.5) is 0 Å². The van der Waals surface area contributed by atoms with Gasteiger partial charge in [0.15, 0.2) is 0 Å². The maximum absolute atomic E-state index is 10.9. The molecule has 0 aromatic rings. The van der Waals surface area contributed by atoms with Crippen molar-refractivity contribution in [2.24, 2.45) is 0 Å². The number of carbonyl (C=O) groups excluding carboxylic acids is 1. The van der Waals surface area contributed by atoms with Gasteiger partial charge < -0.3 is 20.6 Å². The lowest BCUT2D eigenvalue weighted by Gasteiger charge is -2.24. The highest BCUT2D eigenvalue weighted by Gasteiger charge is 2.46. The fourth-order valence-electron chi connectivity index (χ4n) is 1.04. The number of aliphatic hydroxyl groups excluding tert-OH is 1. The first kappa shape index (κ1) is 13.9. The van der Waals surface area contributed by atoms with Gasteiger partial charge in [-0.15, -0.1) is 0 Å². The summed E-state index contributed by atoms with van der Waals surface area (Å²) in [5.74, 6) is -3.58. The van der Waals surface area contributed by atoms with E-state index < -0.39 is 23.9 Å². The molecule has 0 bridgehead atoms. The molecule has 7 nitrogen and oxygen atoms in total. The van der Waals surface area contributed by atoms with Gasteiger partial charge in [0, 0.05) is 6.42 Å². The molecule has 0 spiro atoms. The molecule has 1 amide bonds. The number of rotatable bonds is 6. The van der Waals surface area contributed by atoms with Crippen LogP contribution >= 0.6 is 0 Å². The van der Waals surface area contributed by atoms with E-state index in [1.807, 2.05) is 0 Å². The summed E-state index contributed by atoms with van der Waals surface area (Å²) in [6.45, 7) is 2.67. The van der Waals surface area contributed by atoms with Crippen molar-refractivity contribution >= 4 is 18.3 Å². The lowest BCUT2D eigenvalue weighted by Crippen LogP contribution is -2.58. The summed E-state index contributed by atoms with van der Waals surface area (Å²) in [5.41, 5.74) is -2.28. The summed E-state index contributed by atoms with van der Waals surface area (Å²) in [6.07, 6.45) is -0.513. The van der Waals surface area contributed by atoms with E-state index in [4.69, 9.17) is 15.3 Å². The molecule has 0 aromatic carbocycles. The van der Waals surface area contributed by atoms with Crippen molar-refractivity contribution in [1.29, 1.82) is 0 Å². The molecule has 0 aromatic heterocycles. The molecule has 0 heterocycles. The number of allylic oxidation sites excluding steroid dienone is 1. The van der Waals surface area contributed by atoms with E-state index in [1.54, 1.807) is 5.32 Å². The lowest BCUT2D eigenvalue weighted by atomic mass is 9.91. The Morgan fingerprint density at radius 2 is 1.62 bits per heavy atom. The first-order valence-corrected chi connectivity index (χ1v) is 4.31. The number of aliphatic carboxylic acids is 2. The maximum Gasteiger partial charge on any atom is 0.341 e. The van der Waals surface area contributed by atoms with Crippen molar-refractivity contribution < 1.29 is 29.7 Å². The number of carbonyl (C=O) groups is 3. The third-order valence-electron chi connectivity index (χ3n) is 2.18. The second-order valence-corrected chi connectivity index (χ2v) is 3.32. The number of aliphatic hydroxyl groups is 1. The number of carboxylic acids is 2. The quantitative estimate of drug-likeness (QED) is 0.287. The van der Waals surface area contributed by atoms with Gasteiger partial charge in [-0.2, -0.15) is 0 Å². The van der Waals surface area contributed by atoms with Gasteiger partial charge in [-0.1, -0.05) is 0 Å². The molecule has 90 valence electrons. The van der Waals surface area contributed by atoms with Crippen LogP contribution in [-0.4, -0.2) is 39.2 Å². The molecule has 0 aliphatic carbocycles. The fourth-order valence-corrected chi connectivity index (χ4v) is 1.04. The molecular formula is C9H13NO6. The highest BCUT2D eigenvalue weighted by Crippen LogP contribution is 2.19. The van der Waals surface area contributed by atoms with E-state index in [0.29, 0.717) is 0 Å². The Labute approximate surface area is 91.4 Å². The van der Waals surface area contributed by atoms with E-state index in [1.165, 1.54) is 13.8 Å². The summed E-state index contributed by atoms with van der Waals surface area (Å²) in [7, 11) is 0. The summed E-state index contributed by atoms with van der Waals surface area (Å²) in [4.78, 5) is 32.1. The Kier molecular flexibility index (Phi) is 4.49. The monoisotopic (exact) mass is 231 g/mol. The first-order valence-electron chi connectivity index (χ1n) is 4.31. The van der Waals surface area contributed by atoms with Crippen LogP contribution in [-0.2, 0) is 14.4 Å². The zero-order chi connectivity index (χ0) is 12.9. The second-order valence-electron chi connectivity index (χ2n) is 3.32.